The summed E-state index contributed by atoms with van der Waals surface area (Å²) in [4.78, 5) is 14.0. The predicted molar refractivity (Wildman–Crippen MR) is 113 cm³/mol. The van der Waals surface area contributed by atoms with Crippen LogP contribution in [-0.4, -0.2) is 20.1 Å². The normalized spacial score (nSPS) is 11.3. The Hall–Kier alpha value is -4.32. The zero-order chi connectivity index (χ0) is 19.9. The maximum Gasteiger partial charge on any atom is 0.246 e. The summed E-state index contributed by atoms with van der Waals surface area (Å²) in [7, 11) is 0. The molecular formula is C24H14N4O2. The van der Waals surface area contributed by atoms with Crippen LogP contribution < -0.4 is 0 Å². The van der Waals surface area contributed by atoms with Crippen LogP contribution in [0.1, 0.15) is 0 Å². The highest BCUT2D eigenvalue weighted by Crippen LogP contribution is 2.38. The molecule has 6 aromatic rings. The lowest BCUT2D eigenvalue weighted by Crippen LogP contribution is -1.90. The Morgan fingerprint density at radius 2 is 1.63 bits per heavy atom. The van der Waals surface area contributed by atoms with E-state index in [4.69, 9.17) is 18.9 Å². The Kier molecular flexibility index (Phi) is 3.67. The highest BCUT2D eigenvalue weighted by Gasteiger charge is 2.20. The Labute approximate surface area is 170 Å². The lowest BCUT2D eigenvalue weighted by molar-refractivity contribution is 0.422. The van der Waals surface area contributed by atoms with E-state index < -0.39 is 0 Å². The molecule has 0 saturated carbocycles. The standard InChI is InChI=1S/C24H14N4O2/c1-2-6-17-15(5-1)8-10-20(26-17)24-27-23-21(30-24)11-9-16(18-7-3-4-13-25-18)22(23)19-12-14-29-28-19/h1-14H. The van der Waals surface area contributed by atoms with E-state index in [0.717, 1.165) is 27.7 Å². The topological polar surface area (TPSA) is 77.8 Å². The summed E-state index contributed by atoms with van der Waals surface area (Å²) in [5.41, 5.74) is 6.13. The minimum absolute atomic E-state index is 0.457. The zero-order valence-electron chi connectivity index (χ0n) is 15.7. The second-order valence-corrected chi connectivity index (χ2v) is 6.84. The van der Waals surface area contributed by atoms with Gasteiger partial charge in [-0.15, -0.1) is 0 Å². The molecule has 4 aromatic heterocycles. The molecule has 0 spiro atoms. The number of aromatic nitrogens is 4. The second kappa shape index (κ2) is 6.63. The number of para-hydroxylation sites is 1. The third-order valence-electron chi connectivity index (χ3n) is 5.01. The van der Waals surface area contributed by atoms with Gasteiger partial charge >= 0.3 is 0 Å². The van der Waals surface area contributed by atoms with Gasteiger partial charge in [-0.1, -0.05) is 35.5 Å². The molecule has 0 aliphatic rings. The number of pyridine rings is 2. The van der Waals surface area contributed by atoms with Crippen LogP contribution in [0.4, 0.5) is 0 Å². The Morgan fingerprint density at radius 3 is 2.50 bits per heavy atom. The largest absolute Gasteiger partial charge is 0.435 e. The number of benzene rings is 2. The average molecular weight is 390 g/mol. The smallest absolute Gasteiger partial charge is 0.246 e. The Bertz CT molecular complexity index is 1490. The van der Waals surface area contributed by atoms with Crippen molar-refractivity contribution in [2.75, 3.05) is 0 Å². The summed E-state index contributed by atoms with van der Waals surface area (Å²) in [6.45, 7) is 0. The van der Waals surface area contributed by atoms with Crippen molar-refractivity contribution in [2.24, 2.45) is 0 Å². The van der Waals surface area contributed by atoms with E-state index in [1.165, 1.54) is 0 Å². The maximum absolute atomic E-state index is 6.08. The van der Waals surface area contributed by atoms with Gasteiger partial charge in [-0.2, -0.15) is 0 Å². The number of oxazole rings is 1. The molecule has 0 unspecified atom stereocenters. The second-order valence-electron chi connectivity index (χ2n) is 6.84. The number of fused-ring (bicyclic) bond motifs is 2. The predicted octanol–water partition coefficient (Wildman–Crippen LogP) is 5.76. The van der Waals surface area contributed by atoms with Crippen LogP contribution in [-0.2, 0) is 0 Å². The van der Waals surface area contributed by atoms with Gasteiger partial charge in [0.25, 0.3) is 0 Å². The first-order chi connectivity index (χ1) is 14.9. The van der Waals surface area contributed by atoms with E-state index >= 15 is 0 Å². The van der Waals surface area contributed by atoms with E-state index in [9.17, 15) is 0 Å². The van der Waals surface area contributed by atoms with E-state index in [2.05, 4.69) is 10.1 Å². The summed E-state index contributed by atoms with van der Waals surface area (Å²) < 4.78 is 11.2. The number of hydrogen-bond acceptors (Lipinski definition) is 6. The maximum atomic E-state index is 6.08. The van der Waals surface area contributed by atoms with E-state index in [1.54, 1.807) is 12.5 Å². The lowest BCUT2D eigenvalue weighted by atomic mass is 10.00. The van der Waals surface area contributed by atoms with Crippen LogP contribution in [0, 0.1) is 0 Å². The SMILES string of the molecule is c1ccc(-c2ccc3oc(-c4ccc5ccccc5n4)nc3c2-c2ccon2)nc1. The number of hydrogen-bond donors (Lipinski definition) is 0. The monoisotopic (exact) mass is 390 g/mol. The molecule has 0 aliphatic carbocycles. The van der Waals surface area contributed by atoms with Gasteiger partial charge in [0.2, 0.25) is 5.89 Å². The zero-order valence-corrected chi connectivity index (χ0v) is 15.7. The van der Waals surface area contributed by atoms with Gasteiger partial charge in [0.05, 0.1) is 11.2 Å². The molecule has 0 atom stereocenters. The molecule has 6 nitrogen and oxygen atoms in total. The highest BCUT2D eigenvalue weighted by atomic mass is 16.5. The molecule has 0 bridgehead atoms. The molecule has 6 heteroatoms. The third-order valence-corrected chi connectivity index (χ3v) is 5.01. The third kappa shape index (κ3) is 2.66. The first-order valence-electron chi connectivity index (χ1n) is 9.49. The van der Waals surface area contributed by atoms with E-state index in [1.807, 2.05) is 72.8 Å². The van der Waals surface area contributed by atoms with Crippen molar-refractivity contribution >= 4 is 22.0 Å². The quantitative estimate of drug-likeness (QED) is 0.382. The van der Waals surface area contributed by atoms with Gasteiger partial charge in [-0.3, -0.25) is 4.98 Å². The molecule has 0 aliphatic heterocycles. The summed E-state index contributed by atoms with van der Waals surface area (Å²) in [5.74, 6) is 0.457. The van der Waals surface area contributed by atoms with Gasteiger partial charge < -0.3 is 8.94 Å². The van der Waals surface area contributed by atoms with Gasteiger partial charge in [-0.05, 0) is 36.4 Å². The molecule has 0 N–H and O–H groups in total. The fourth-order valence-corrected chi connectivity index (χ4v) is 3.62. The first kappa shape index (κ1) is 16.6. The molecule has 0 saturated heterocycles. The summed E-state index contributed by atoms with van der Waals surface area (Å²) in [5, 5.41) is 5.21. The van der Waals surface area contributed by atoms with Crippen LogP contribution >= 0.6 is 0 Å². The van der Waals surface area contributed by atoms with Crippen molar-refractivity contribution in [1.82, 2.24) is 20.1 Å². The molecular weight excluding hydrogens is 376 g/mol. The van der Waals surface area contributed by atoms with Crippen molar-refractivity contribution in [2.45, 2.75) is 0 Å². The van der Waals surface area contributed by atoms with Crippen molar-refractivity contribution in [3.63, 3.8) is 0 Å². The Balaban J connectivity index is 1.60. The molecule has 6 rings (SSSR count). The average Bonchev–Trinajstić information content (AvgIpc) is 3.49. The molecule has 2 aromatic carbocycles. The molecule has 30 heavy (non-hydrogen) atoms. The molecule has 0 fully saturated rings. The summed E-state index contributed by atoms with van der Waals surface area (Å²) in [6, 6.07) is 23.4. The van der Waals surface area contributed by atoms with E-state index in [0.29, 0.717) is 28.4 Å². The van der Waals surface area contributed by atoms with Gasteiger partial charge in [0.15, 0.2) is 5.58 Å². The summed E-state index contributed by atoms with van der Waals surface area (Å²) in [6.07, 6.45) is 3.31. The van der Waals surface area contributed by atoms with Crippen molar-refractivity contribution < 1.29 is 8.94 Å². The van der Waals surface area contributed by atoms with Crippen LogP contribution in [0.25, 0.3) is 56.1 Å². The number of rotatable bonds is 3. The van der Waals surface area contributed by atoms with Crippen molar-refractivity contribution in [3.8, 4) is 34.1 Å². The van der Waals surface area contributed by atoms with Crippen LogP contribution in [0.2, 0.25) is 0 Å². The molecule has 0 amide bonds. The Morgan fingerprint density at radius 1 is 0.700 bits per heavy atom. The van der Waals surface area contributed by atoms with Gasteiger partial charge in [-0.25, -0.2) is 9.97 Å². The fraction of sp³-hybridized carbons (Fsp3) is 0. The van der Waals surface area contributed by atoms with Gasteiger partial charge in [0.1, 0.15) is 23.2 Å². The van der Waals surface area contributed by atoms with Crippen molar-refractivity contribution in [1.29, 1.82) is 0 Å². The fourth-order valence-electron chi connectivity index (χ4n) is 3.62. The molecule has 142 valence electrons. The minimum Gasteiger partial charge on any atom is -0.435 e. The number of nitrogens with zero attached hydrogens (tertiary/aromatic N) is 4. The van der Waals surface area contributed by atoms with Crippen LogP contribution in [0.5, 0.6) is 0 Å². The summed E-state index contributed by atoms with van der Waals surface area (Å²) >= 11 is 0. The van der Waals surface area contributed by atoms with Gasteiger partial charge in [0, 0.05) is 28.8 Å². The van der Waals surface area contributed by atoms with E-state index in [-0.39, 0.29) is 0 Å². The van der Waals surface area contributed by atoms with Crippen LogP contribution in [0.15, 0.2) is 94.2 Å². The minimum atomic E-state index is 0.457. The van der Waals surface area contributed by atoms with Crippen LogP contribution in [0.3, 0.4) is 0 Å². The lowest BCUT2D eigenvalue weighted by Gasteiger charge is -2.06. The van der Waals surface area contributed by atoms with Crippen molar-refractivity contribution in [3.05, 3.63) is 85.3 Å². The molecule has 0 radical (unpaired) electrons. The first-order valence-corrected chi connectivity index (χ1v) is 9.49. The highest BCUT2D eigenvalue weighted by molar-refractivity contribution is 5.99. The molecule has 4 heterocycles.